The van der Waals surface area contributed by atoms with E-state index >= 15 is 0 Å². The molecule has 0 saturated carbocycles. The Hall–Kier alpha value is -2.60. The Morgan fingerprint density at radius 1 is 1.08 bits per heavy atom. The van der Waals surface area contributed by atoms with E-state index in [9.17, 15) is 32.3 Å². The Kier molecular flexibility index (Phi) is 6.10. The van der Waals surface area contributed by atoms with Gasteiger partial charge in [0, 0.05) is 23.4 Å². The van der Waals surface area contributed by atoms with Gasteiger partial charge in [-0.15, -0.1) is 0 Å². The summed E-state index contributed by atoms with van der Waals surface area (Å²) < 4.78 is 41.2. The highest BCUT2D eigenvalue weighted by Crippen LogP contribution is 2.54. The number of piperidine rings is 1. The van der Waals surface area contributed by atoms with Gasteiger partial charge in [0.05, 0.1) is 22.2 Å². The number of carbonyl (C=O) groups is 3. The molecular weight excluding hydrogens is 515 g/mol. The quantitative estimate of drug-likeness (QED) is 0.554. The molecule has 0 radical (unpaired) electrons. The average Bonchev–Trinajstić information content (AvgIpc) is 3.28. The number of benzene rings is 1. The molecular formula is C24H24F3N3O4S2. The molecule has 5 rings (SSSR count). The molecule has 3 aliphatic heterocycles. The molecule has 3 aliphatic rings. The minimum atomic E-state index is -4.62. The van der Waals surface area contributed by atoms with Gasteiger partial charge in [-0.05, 0) is 37.5 Å². The topological polar surface area (TPSA) is 79.7 Å². The van der Waals surface area contributed by atoms with Crippen LogP contribution < -0.4 is 9.77 Å². The van der Waals surface area contributed by atoms with Crippen molar-refractivity contribution in [3.05, 3.63) is 44.4 Å². The highest BCUT2D eigenvalue weighted by atomic mass is 32.2. The smallest absolute Gasteiger partial charge is 0.341 e. The number of halogens is 3. The lowest BCUT2D eigenvalue weighted by Crippen LogP contribution is -2.42. The predicted octanol–water partition coefficient (Wildman–Crippen LogP) is 3.88. The normalized spacial score (nSPS) is 23.6. The first kappa shape index (κ1) is 25.1. The molecule has 12 heteroatoms. The highest BCUT2D eigenvalue weighted by Gasteiger charge is 2.59. The van der Waals surface area contributed by atoms with Gasteiger partial charge in [0.25, 0.3) is 0 Å². The second-order valence-electron chi connectivity index (χ2n) is 9.83. The van der Waals surface area contributed by atoms with Gasteiger partial charge < -0.3 is 4.90 Å². The second kappa shape index (κ2) is 8.76. The number of anilines is 1. The molecule has 2 unspecified atom stereocenters. The zero-order chi connectivity index (χ0) is 26.0. The first-order valence-electron chi connectivity index (χ1n) is 11.6. The number of carbonyl (C=O) groups excluding carboxylic acids is 3. The molecule has 192 valence electrons. The van der Waals surface area contributed by atoms with E-state index in [-0.39, 0.29) is 23.0 Å². The number of alkyl halides is 3. The summed E-state index contributed by atoms with van der Waals surface area (Å²) in [7, 11) is 0. The number of hydrogen-bond acceptors (Lipinski definition) is 6. The molecule has 0 N–H and O–H groups in total. The van der Waals surface area contributed by atoms with Crippen LogP contribution in [0.5, 0.6) is 0 Å². The third-order valence-corrected chi connectivity index (χ3v) is 9.96. The van der Waals surface area contributed by atoms with E-state index in [4.69, 9.17) is 0 Å². The van der Waals surface area contributed by atoms with Crippen molar-refractivity contribution in [1.82, 2.24) is 9.47 Å². The number of fused-ring (bicyclic) bond motifs is 2. The molecule has 1 aromatic carbocycles. The number of rotatable bonds is 3. The summed E-state index contributed by atoms with van der Waals surface area (Å²) in [4.78, 5) is 55.6. The fraction of sp³-hybridized carbons (Fsp3) is 0.500. The molecule has 0 bridgehead atoms. The van der Waals surface area contributed by atoms with E-state index in [0.717, 1.165) is 59.4 Å². The number of thiazole rings is 1. The zero-order valence-electron chi connectivity index (χ0n) is 19.6. The Morgan fingerprint density at radius 3 is 2.44 bits per heavy atom. The predicted molar refractivity (Wildman–Crippen MR) is 129 cm³/mol. The molecule has 2 atom stereocenters. The number of likely N-dealkylation sites (tertiary alicyclic amines) is 1. The Morgan fingerprint density at radius 2 is 1.78 bits per heavy atom. The molecule has 4 heterocycles. The van der Waals surface area contributed by atoms with Gasteiger partial charge in [0.15, 0.2) is 0 Å². The molecule has 0 spiro atoms. The molecule has 2 aromatic rings. The molecule has 2 fully saturated rings. The van der Waals surface area contributed by atoms with Gasteiger partial charge >= 0.3 is 11.0 Å². The summed E-state index contributed by atoms with van der Waals surface area (Å²) in [6, 6.07) is 4.16. The SMILES string of the molecule is CC1(C)c2sc(=O)n(CC(=O)N3CCCCC3)c2SC2C(=O)N(c3cccc(C(F)(F)F)c3)C(=O)C21. The lowest BCUT2D eigenvalue weighted by molar-refractivity contribution is -0.137. The van der Waals surface area contributed by atoms with Crippen LogP contribution in [0.4, 0.5) is 18.9 Å². The molecule has 36 heavy (non-hydrogen) atoms. The largest absolute Gasteiger partial charge is 0.416 e. The van der Waals surface area contributed by atoms with Crippen molar-refractivity contribution < 1.29 is 27.6 Å². The minimum Gasteiger partial charge on any atom is -0.341 e. The Labute approximate surface area is 213 Å². The van der Waals surface area contributed by atoms with Gasteiger partial charge in [-0.25, -0.2) is 4.90 Å². The summed E-state index contributed by atoms with van der Waals surface area (Å²) >= 11 is 2.01. The minimum absolute atomic E-state index is 0.133. The maximum Gasteiger partial charge on any atom is 0.416 e. The molecule has 0 aliphatic carbocycles. The van der Waals surface area contributed by atoms with E-state index in [1.807, 2.05) is 0 Å². The summed E-state index contributed by atoms with van der Waals surface area (Å²) in [6.07, 6.45) is -1.74. The van der Waals surface area contributed by atoms with Crippen LogP contribution in [-0.4, -0.2) is 45.5 Å². The van der Waals surface area contributed by atoms with E-state index in [1.165, 1.54) is 16.7 Å². The van der Waals surface area contributed by atoms with Crippen molar-refractivity contribution in [3.8, 4) is 0 Å². The van der Waals surface area contributed by atoms with E-state index in [0.29, 0.717) is 23.0 Å². The standard InChI is InChI=1S/C24H24F3N3O4S2/c1-23(2)16-17(20(33)30(19(16)32)14-8-6-7-13(11-14)24(25,26)27)35-21-18(23)36-22(34)29(21)12-15(31)28-9-4-3-5-10-28/h6-8,11,16-17H,3-5,9-10,12H2,1-2H3. The number of thioether (sulfide) groups is 1. The van der Waals surface area contributed by atoms with Crippen molar-refractivity contribution in [2.75, 3.05) is 18.0 Å². The number of nitrogens with zero attached hydrogens (tertiary/aromatic N) is 3. The van der Waals surface area contributed by atoms with Crippen molar-refractivity contribution >= 4 is 46.5 Å². The number of imide groups is 1. The van der Waals surface area contributed by atoms with Crippen LogP contribution in [0, 0.1) is 5.92 Å². The van der Waals surface area contributed by atoms with Crippen molar-refractivity contribution in [2.24, 2.45) is 5.92 Å². The molecule has 7 nitrogen and oxygen atoms in total. The summed E-state index contributed by atoms with van der Waals surface area (Å²) in [5.74, 6) is -2.25. The van der Waals surface area contributed by atoms with Gasteiger partial charge in [-0.1, -0.05) is 43.0 Å². The Balaban J connectivity index is 1.49. The Bertz CT molecular complexity index is 1310. The summed E-state index contributed by atoms with van der Waals surface area (Å²) in [6.45, 7) is 4.66. The third kappa shape index (κ3) is 3.98. The average molecular weight is 540 g/mol. The summed E-state index contributed by atoms with van der Waals surface area (Å²) in [5.41, 5.74) is -2.02. The van der Waals surface area contributed by atoms with Crippen LogP contribution in [0.3, 0.4) is 0 Å². The van der Waals surface area contributed by atoms with Gasteiger partial charge in [0.2, 0.25) is 17.7 Å². The summed E-state index contributed by atoms with van der Waals surface area (Å²) in [5, 5.41) is -0.437. The molecule has 3 amide bonds. The van der Waals surface area contributed by atoms with E-state index in [2.05, 4.69) is 0 Å². The van der Waals surface area contributed by atoms with Crippen LogP contribution >= 0.6 is 23.1 Å². The zero-order valence-corrected chi connectivity index (χ0v) is 21.3. The number of aromatic nitrogens is 1. The maximum absolute atomic E-state index is 13.5. The van der Waals surface area contributed by atoms with Crippen molar-refractivity contribution in [3.63, 3.8) is 0 Å². The van der Waals surface area contributed by atoms with Crippen molar-refractivity contribution in [2.45, 2.75) is 61.5 Å². The number of amides is 3. The van der Waals surface area contributed by atoms with Crippen molar-refractivity contribution in [1.29, 1.82) is 0 Å². The highest BCUT2D eigenvalue weighted by molar-refractivity contribution is 8.00. The third-order valence-electron chi connectivity index (χ3n) is 7.14. The van der Waals surface area contributed by atoms with Gasteiger partial charge in [-0.2, -0.15) is 13.2 Å². The lowest BCUT2D eigenvalue weighted by Gasteiger charge is -2.36. The van der Waals surface area contributed by atoms with Crippen LogP contribution in [-0.2, 0) is 32.5 Å². The lowest BCUT2D eigenvalue weighted by atomic mass is 9.76. The first-order chi connectivity index (χ1) is 16.9. The first-order valence-corrected chi connectivity index (χ1v) is 13.3. The molecule has 2 saturated heterocycles. The van der Waals surface area contributed by atoms with Crippen LogP contribution in [0.25, 0.3) is 0 Å². The van der Waals surface area contributed by atoms with Gasteiger partial charge in [-0.3, -0.25) is 23.7 Å². The molecule has 1 aromatic heterocycles. The van der Waals surface area contributed by atoms with Crippen LogP contribution in [0.15, 0.2) is 34.1 Å². The van der Waals surface area contributed by atoms with E-state index in [1.54, 1.807) is 18.7 Å². The second-order valence-corrected chi connectivity index (χ2v) is 11.9. The monoisotopic (exact) mass is 539 g/mol. The van der Waals surface area contributed by atoms with Gasteiger partial charge in [0.1, 0.15) is 11.8 Å². The van der Waals surface area contributed by atoms with E-state index < -0.39 is 40.1 Å². The maximum atomic E-state index is 13.5. The van der Waals surface area contributed by atoms with Crippen LogP contribution in [0.2, 0.25) is 0 Å². The fourth-order valence-electron chi connectivity index (χ4n) is 5.22. The number of hydrogen-bond donors (Lipinski definition) is 0. The fourth-order valence-corrected chi connectivity index (χ4v) is 8.26. The van der Waals surface area contributed by atoms with Crippen LogP contribution in [0.1, 0.15) is 43.6 Å².